The van der Waals surface area contributed by atoms with E-state index in [-0.39, 0.29) is 6.61 Å². The summed E-state index contributed by atoms with van der Waals surface area (Å²) in [5.74, 6) is -0.435. The lowest BCUT2D eigenvalue weighted by Crippen LogP contribution is -2.32. The lowest BCUT2D eigenvalue weighted by atomic mass is 10.2. The molecule has 0 aromatic heterocycles. The number of halogens is 1. The molecule has 1 N–H and O–H groups in total. The number of carbonyl (C=O) groups excluding carboxylic acids is 1. The van der Waals surface area contributed by atoms with Crippen LogP contribution in [0.3, 0.4) is 0 Å². The largest absolute Gasteiger partial charge is 0.457 e. The zero-order chi connectivity index (χ0) is 13.8. The summed E-state index contributed by atoms with van der Waals surface area (Å²) in [6.45, 7) is 6.37. The van der Waals surface area contributed by atoms with E-state index < -0.39 is 20.1 Å². The molecule has 0 aliphatic rings. The van der Waals surface area contributed by atoms with Crippen molar-refractivity contribution in [1.82, 2.24) is 0 Å². The first-order chi connectivity index (χ1) is 8.31. The Kier molecular flexibility index (Phi) is 5.38. The van der Waals surface area contributed by atoms with Gasteiger partial charge in [0.05, 0.1) is 12.2 Å². The van der Waals surface area contributed by atoms with Gasteiger partial charge in [-0.3, -0.25) is 0 Å². The molecule has 1 aromatic rings. The highest BCUT2D eigenvalue weighted by Gasteiger charge is 2.23. The van der Waals surface area contributed by atoms with Crippen LogP contribution in [0.1, 0.15) is 10.4 Å². The molecule has 1 aromatic carbocycles. The second kappa shape index (κ2) is 6.36. The molecule has 1 atom stereocenters. The molecule has 1 rings (SSSR count). The molecular weight excluding hydrogens is 268 g/mol. The molecule has 0 saturated heterocycles. The molecule has 0 fully saturated rings. The van der Waals surface area contributed by atoms with Gasteiger partial charge in [-0.15, -0.1) is 0 Å². The van der Waals surface area contributed by atoms with Gasteiger partial charge in [0, 0.05) is 13.1 Å². The first-order valence-electron chi connectivity index (χ1n) is 5.89. The van der Waals surface area contributed by atoms with Crippen LogP contribution in [-0.2, 0) is 4.74 Å². The SMILES string of the molecule is C[Si](C)(C)CC(CO)OC(=O)c1cccc(Cl)c1. The third-order valence-electron chi connectivity index (χ3n) is 2.38. The Morgan fingerprint density at radius 2 is 2.11 bits per heavy atom. The molecule has 18 heavy (non-hydrogen) atoms. The van der Waals surface area contributed by atoms with E-state index in [2.05, 4.69) is 19.6 Å². The van der Waals surface area contributed by atoms with E-state index in [0.717, 1.165) is 6.04 Å². The minimum absolute atomic E-state index is 0.142. The fourth-order valence-corrected chi connectivity index (χ4v) is 3.43. The number of aliphatic hydroxyl groups is 1. The van der Waals surface area contributed by atoms with Crippen LogP contribution >= 0.6 is 11.6 Å². The average Bonchev–Trinajstić information content (AvgIpc) is 2.26. The van der Waals surface area contributed by atoms with E-state index in [9.17, 15) is 9.90 Å². The molecule has 0 spiro atoms. The Bertz CT molecular complexity index is 415. The Hall–Kier alpha value is -0.843. The van der Waals surface area contributed by atoms with Gasteiger partial charge in [-0.2, -0.15) is 0 Å². The molecule has 0 aliphatic heterocycles. The van der Waals surface area contributed by atoms with Gasteiger partial charge in [0.2, 0.25) is 0 Å². The summed E-state index contributed by atoms with van der Waals surface area (Å²) in [5.41, 5.74) is 0.413. The molecule has 0 heterocycles. The van der Waals surface area contributed by atoms with Crippen LogP contribution in [0.15, 0.2) is 24.3 Å². The number of hydrogen-bond acceptors (Lipinski definition) is 3. The monoisotopic (exact) mass is 286 g/mol. The van der Waals surface area contributed by atoms with Crippen molar-refractivity contribution in [3.63, 3.8) is 0 Å². The average molecular weight is 287 g/mol. The minimum Gasteiger partial charge on any atom is -0.457 e. The normalized spacial score (nSPS) is 13.2. The molecule has 3 nitrogen and oxygen atoms in total. The van der Waals surface area contributed by atoms with Crippen molar-refractivity contribution in [1.29, 1.82) is 0 Å². The third-order valence-corrected chi connectivity index (χ3v) is 4.29. The van der Waals surface area contributed by atoms with Gasteiger partial charge in [0.25, 0.3) is 0 Å². The molecule has 0 aliphatic carbocycles. The van der Waals surface area contributed by atoms with Gasteiger partial charge < -0.3 is 9.84 Å². The van der Waals surface area contributed by atoms with Gasteiger partial charge in [0.1, 0.15) is 6.10 Å². The lowest BCUT2D eigenvalue weighted by Gasteiger charge is -2.23. The van der Waals surface area contributed by atoms with Crippen LogP contribution in [0.2, 0.25) is 30.7 Å². The van der Waals surface area contributed by atoms with Crippen molar-refractivity contribution >= 4 is 25.6 Å². The molecule has 0 bridgehead atoms. The number of ether oxygens (including phenoxy) is 1. The number of carbonyl (C=O) groups is 1. The van der Waals surface area contributed by atoms with E-state index in [1.807, 2.05) is 0 Å². The highest BCUT2D eigenvalue weighted by Crippen LogP contribution is 2.17. The molecule has 1 unspecified atom stereocenters. The van der Waals surface area contributed by atoms with Crippen LogP contribution in [0, 0.1) is 0 Å². The minimum atomic E-state index is -1.38. The molecule has 0 amide bonds. The Morgan fingerprint density at radius 3 is 2.61 bits per heavy atom. The van der Waals surface area contributed by atoms with E-state index in [1.165, 1.54) is 0 Å². The highest BCUT2D eigenvalue weighted by atomic mass is 35.5. The maximum absolute atomic E-state index is 11.9. The van der Waals surface area contributed by atoms with Crippen LogP contribution in [-0.4, -0.2) is 31.9 Å². The summed E-state index contributed by atoms with van der Waals surface area (Å²) in [6.07, 6.45) is -0.428. The van der Waals surface area contributed by atoms with Crippen molar-refractivity contribution < 1.29 is 14.6 Å². The predicted octanol–water partition coefficient (Wildman–Crippen LogP) is 3.20. The first kappa shape index (κ1) is 15.2. The molecule has 0 radical (unpaired) electrons. The van der Waals surface area contributed by atoms with Crippen molar-refractivity contribution in [2.24, 2.45) is 0 Å². The lowest BCUT2D eigenvalue weighted by molar-refractivity contribution is 0.0193. The van der Waals surface area contributed by atoms with Gasteiger partial charge >= 0.3 is 5.97 Å². The summed E-state index contributed by atoms with van der Waals surface area (Å²) in [7, 11) is -1.38. The third kappa shape index (κ3) is 5.21. The summed E-state index contributed by atoms with van der Waals surface area (Å²) in [6, 6.07) is 7.36. The quantitative estimate of drug-likeness (QED) is 0.668. The van der Waals surface area contributed by atoms with Crippen LogP contribution in [0.5, 0.6) is 0 Å². The second-order valence-electron chi connectivity index (χ2n) is 5.49. The van der Waals surface area contributed by atoms with Gasteiger partial charge in [0.15, 0.2) is 0 Å². The van der Waals surface area contributed by atoms with Gasteiger partial charge in [-0.1, -0.05) is 37.3 Å². The standard InChI is InChI=1S/C13H19ClO3Si/c1-18(2,3)9-12(8-15)17-13(16)10-5-4-6-11(14)7-10/h4-7,12,15H,8-9H2,1-3H3. The summed E-state index contributed by atoms with van der Waals surface area (Å²) in [5, 5.41) is 9.75. The molecule has 0 saturated carbocycles. The zero-order valence-electron chi connectivity index (χ0n) is 10.9. The van der Waals surface area contributed by atoms with Gasteiger partial charge in [-0.05, 0) is 24.2 Å². The van der Waals surface area contributed by atoms with Crippen molar-refractivity contribution in [2.75, 3.05) is 6.61 Å². The fraction of sp³-hybridized carbons (Fsp3) is 0.462. The van der Waals surface area contributed by atoms with E-state index >= 15 is 0 Å². The van der Waals surface area contributed by atoms with Crippen molar-refractivity contribution in [3.05, 3.63) is 34.9 Å². The highest BCUT2D eigenvalue weighted by molar-refractivity contribution is 6.76. The maximum atomic E-state index is 11.9. The summed E-state index contributed by atoms with van der Waals surface area (Å²) in [4.78, 5) is 11.9. The maximum Gasteiger partial charge on any atom is 0.338 e. The van der Waals surface area contributed by atoms with Crippen molar-refractivity contribution in [3.8, 4) is 0 Å². The number of esters is 1. The van der Waals surface area contributed by atoms with Crippen LogP contribution in [0.25, 0.3) is 0 Å². The van der Waals surface area contributed by atoms with E-state index in [1.54, 1.807) is 24.3 Å². The molecule has 5 heteroatoms. The fourth-order valence-electron chi connectivity index (χ4n) is 1.66. The number of aliphatic hydroxyl groups excluding tert-OH is 1. The summed E-state index contributed by atoms with van der Waals surface area (Å²) >= 11 is 5.82. The smallest absolute Gasteiger partial charge is 0.338 e. The van der Waals surface area contributed by atoms with E-state index in [4.69, 9.17) is 16.3 Å². The first-order valence-corrected chi connectivity index (χ1v) is 9.98. The Labute approximate surface area is 114 Å². The van der Waals surface area contributed by atoms with Crippen LogP contribution in [0.4, 0.5) is 0 Å². The number of rotatable bonds is 5. The Morgan fingerprint density at radius 1 is 1.44 bits per heavy atom. The van der Waals surface area contributed by atoms with Crippen LogP contribution < -0.4 is 0 Å². The topological polar surface area (TPSA) is 46.5 Å². The van der Waals surface area contributed by atoms with Crippen molar-refractivity contribution in [2.45, 2.75) is 31.8 Å². The van der Waals surface area contributed by atoms with E-state index in [0.29, 0.717) is 10.6 Å². The predicted molar refractivity (Wildman–Crippen MR) is 75.9 cm³/mol. The molecular formula is C13H19ClO3Si. The zero-order valence-corrected chi connectivity index (χ0v) is 12.7. The number of benzene rings is 1. The second-order valence-corrected chi connectivity index (χ2v) is 11.5. The molecule has 100 valence electrons. The number of hydrogen-bond donors (Lipinski definition) is 1. The Balaban J connectivity index is 2.68. The van der Waals surface area contributed by atoms with Gasteiger partial charge in [-0.25, -0.2) is 4.79 Å². The summed E-state index contributed by atoms with van der Waals surface area (Å²) < 4.78 is 5.30.